The van der Waals surface area contributed by atoms with Crippen LogP contribution in [0.4, 0.5) is 17.1 Å². The molecule has 0 aliphatic rings. The number of carbonyl (C=O) groups is 1. The molecule has 3 aromatic rings. The van der Waals surface area contributed by atoms with Gasteiger partial charge in [-0.15, -0.1) is 0 Å². The number of phenols is 1. The molecule has 8 heteroatoms. The molecule has 0 aromatic heterocycles. The van der Waals surface area contributed by atoms with Crippen molar-refractivity contribution in [3.05, 3.63) is 87.9 Å². The maximum absolute atomic E-state index is 12.5. The highest BCUT2D eigenvalue weighted by Crippen LogP contribution is 2.30. The van der Waals surface area contributed by atoms with Crippen molar-refractivity contribution in [3.63, 3.8) is 0 Å². The maximum Gasteiger partial charge on any atom is 0.266 e. The fraction of sp³-hybridized carbons (Fsp3) is 0. The predicted molar refractivity (Wildman–Crippen MR) is 117 cm³/mol. The maximum atomic E-state index is 12.5. The number of halogens is 2. The normalized spacial score (nSPS) is 11.3. The van der Waals surface area contributed by atoms with Crippen LogP contribution in [0.15, 0.2) is 82.5 Å². The fourth-order valence-corrected chi connectivity index (χ4v) is 2.77. The summed E-state index contributed by atoms with van der Waals surface area (Å²) in [7, 11) is 0. The SMILES string of the molecule is N#C/C(=C/c1cc(N=Nc2ccccc2)ccc1O)C(=O)Nc1cccc(Cl)c1Cl. The van der Waals surface area contributed by atoms with Crippen LogP contribution < -0.4 is 5.32 Å². The number of hydrogen-bond donors (Lipinski definition) is 2. The summed E-state index contributed by atoms with van der Waals surface area (Å²) in [4.78, 5) is 12.5. The first-order valence-electron chi connectivity index (χ1n) is 8.65. The summed E-state index contributed by atoms with van der Waals surface area (Å²) in [5.74, 6) is -0.813. The number of hydrogen-bond acceptors (Lipinski definition) is 5. The Kier molecular flexibility index (Phi) is 6.81. The summed E-state index contributed by atoms with van der Waals surface area (Å²) < 4.78 is 0. The topological polar surface area (TPSA) is 97.8 Å². The first-order valence-corrected chi connectivity index (χ1v) is 9.40. The van der Waals surface area contributed by atoms with Gasteiger partial charge in [0.05, 0.1) is 27.1 Å². The molecule has 3 rings (SSSR count). The Morgan fingerprint density at radius 2 is 1.73 bits per heavy atom. The van der Waals surface area contributed by atoms with Crippen molar-refractivity contribution in [1.82, 2.24) is 0 Å². The van der Waals surface area contributed by atoms with Gasteiger partial charge in [0.25, 0.3) is 5.91 Å². The van der Waals surface area contributed by atoms with Crippen LogP contribution in [0, 0.1) is 11.3 Å². The van der Waals surface area contributed by atoms with E-state index in [0.29, 0.717) is 11.4 Å². The quantitative estimate of drug-likeness (QED) is 0.265. The van der Waals surface area contributed by atoms with E-state index in [0.717, 1.165) is 0 Å². The van der Waals surface area contributed by atoms with Crippen molar-refractivity contribution < 1.29 is 9.90 Å². The number of anilines is 1. The van der Waals surface area contributed by atoms with Gasteiger partial charge in [-0.05, 0) is 48.5 Å². The number of phenolic OH excluding ortho intramolecular Hbond substituents is 1. The Hall–Kier alpha value is -3.66. The van der Waals surface area contributed by atoms with Gasteiger partial charge in [0, 0.05) is 5.56 Å². The lowest BCUT2D eigenvalue weighted by molar-refractivity contribution is -0.112. The number of nitrogens with zero attached hydrogens (tertiary/aromatic N) is 3. The van der Waals surface area contributed by atoms with E-state index in [4.69, 9.17) is 23.2 Å². The molecule has 0 spiro atoms. The van der Waals surface area contributed by atoms with Gasteiger partial charge < -0.3 is 10.4 Å². The van der Waals surface area contributed by atoms with Crippen LogP contribution in [0.25, 0.3) is 6.08 Å². The van der Waals surface area contributed by atoms with Crippen molar-refractivity contribution in [2.24, 2.45) is 10.2 Å². The second-order valence-electron chi connectivity index (χ2n) is 6.00. The van der Waals surface area contributed by atoms with E-state index in [-0.39, 0.29) is 32.6 Å². The van der Waals surface area contributed by atoms with E-state index in [1.165, 1.54) is 18.2 Å². The zero-order chi connectivity index (χ0) is 21.5. The molecule has 2 N–H and O–H groups in total. The highest BCUT2D eigenvalue weighted by atomic mass is 35.5. The Morgan fingerprint density at radius 3 is 2.47 bits per heavy atom. The number of rotatable bonds is 5. The zero-order valence-corrected chi connectivity index (χ0v) is 16.9. The molecule has 0 radical (unpaired) electrons. The molecule has 0 bridgehead atoms. The van der Waals surface area contributed by atoms with Crippen molar-refractivity contribution in [3.8, 4) is 11.8 Å². The smallest absolute Gasteiger partial charge is 0.266 e. The number of benzene rings is 3. The molecule has 3 aromatic carbocycles. The van der Waals surface area contributed by atoms with Gasteiger partial charge in [-0.2, -0.15) is 15.5 Å². The lowest BCUT2D eigenvalue weighted by Crippen LogP contribution is -2.13. The van der Waals surface area contributed by atoms with Crippen molar-refractivity contribution in [1.29, 1.82) is 5.26 Å². The fourth-order valence-electron chi connectivity index (χ4n) is 2.42. The van der Waals surface area contributed by atoms with Gasteiger partial charge in [0.1, 0.15) is 17.4 Å². The van der Waals surface area contributed by atoms with Gasteiger partial charge in [-0.3, -0.25) is 4.79 Å². The number of nitrogens with one attached hydrogen (secondary N) is 1. The summed E-state index contributed by atoms with van der Waals surface area (Å²) in [6.45, 7) is 0. The molecule has 6 nitrogen and oxygen atoms in total. The third-order valence-electron chi connectivity index (χ3n) is 3.91. The van der Waals surface area contributed by atoms with Crippen molar-refractivity contribution in [2.75, 3.05) is 5.32 Å². The van der Waals surface area contributed by atoms with Crippen LogP contribution in [-0.2, 0) is 4.79 Å². The number of carbonyl (C=O) groups excluding carboxylic acids is 1. The Bertz CT molecular complexity index is 1190. The minimum Gasteiger partial charge on any atom is -0.507 e. The molecule has 0 saturated carbocycles. The standard InChI is InChI=1S/C22H14Cl2N4O2/c23-18-7-4-8-19(21(18)24)26-22(30)15(13-25)11-14-12-17(9-10-20(14)29)28-27-16-5-2-1-3-6-16/h1-12,29H,(H,26,30)/b15-11-,28-27?. The molecular weight excluding hydrogens is 423 g/mol. The molecule has 148 valence electrons. The molecule has 0 heterocycles. The monoisotopic (exact) mass is 436 g/mol. The molecule has 30 heavy (non-hydrogen) atoms. The van der Waals surface area contributed by atoms with Crippen molar-refractivity contribution >= 4 is 52.2 Å². The average Bonchev–Trinajstić information content (AvgIpc) is 2.76. The minimum absolute atomic E-state index is 0.116. The van der Waals surface area contributed by atoms with E-state index in [1.807, 2.05) is 24.3 Å². The van der Waals surface area contributed by atoms with E-state index in [9.17, 15) is 15.2 Å². The zero-order valence-electron chi connectivity index (χ0n) is 15.4. The summed E-state index contributed by atoms with van der Waals surface area (Å²) >= 11 is 12.0. The third kappa shape index (κ3) is 5.23. The molecule has 0 fully saturated rings. The molecule has 0 unspecified atom stereocenters. The van der Waals surface area contributed by atoms with Gasteiger partial charge in [-0.1, -0.05) is 47.5 Å². The first kappa shape index (κ1) is 21.1. The van der Waals surface area contributed by atoms with Gasteiger partial charge >= 0.3 is 0 Å². The lowest BCUT2D eigenvalue weighted by Gasteiger charge is -2.08. The Balaban J connectivity index is 1.86. The molecule has 0 aliphatic carbocycles. The molecule has 0 saturated heterocycles. The summed E-state index contributed by atoms with van der Waals surface area (Å²) in [5.41, 5.74) is 1.38. The second-order valence-corrected chi connectivity index (χ2v) is 6.79. The number of nitriles is 1. The average molecular weight is 437 g/mol. The van der Waals surface area contributed by atoms with Crippen LogP contribution in [0.1, 0.15) is 5.56 Å². The largest absolute Gasteiger partial charge is 0.507 e. The Morgan fingerprint density at radius 1 is 1.00 bits per heavy atom. The summed E-state index contributed by atoms with van der Waals surface area (Å²) in [6, 6.07) is 20.2. The number of aromatic hydroxyl groups is 1. The minimum atomic E-state index is -0.697. The van der Waals surface area contributed by atoms with E-state index < -0.39 is 5.91 Å². The summed E-state index contributed by atoms with van der Waals surface area (Å²) in [6.07, 6.45) is 1.25. The van der Waals surface area contributed by atoms with Gasteiger partial charge in [-0.25, -0.2) is 0 Å². The molecule has 1 amide bonds. The number of azo groups is 1. The van der Waals surface area contributed by atoms with Crippen molar-refractivity contribution in [2.45, 2.75) is 0 Å². The van der Waals surface area contributed by atoms with E-state index in [1.54, 1.807) is 36.4 Å². The lowest BCUT2D eigenvalue weighted by atomic mass is 10.1. The van der Waals surface area contributed by atoms with Crippen LogP contribution in [0.3, 0.4) is 0 Å². The molecule has 0 atom stereocenters. The highest BCUT2D eigenvalue weighted by molar-refractivity contribution is 6.44. The molecular formula is C22H14Cl2N4O2. The van der Waals surface area contributed by atoms with E-state index in [2.05, 4.69) is 15.5 Å². The molecule has 0 aliphatic heterocycles. The Labute approximate surface area is 182 Å². The third-order valence-corrected chi connectivity index (χ3v) is 4.73. The van der Waals surface area contributed by atoms with Gasteiger partial charge in [0.2, 0.25) is 0 Å². The van der Waals surface area contributed by atoms with E-state index >= 15 is 0 Å². The van der Waals surface area contributed by atoms with Crippen LogP contribution >= 0.6 is 23.2 Å². The first-order chi connectivity index (χ1) is 14.5. The summed E-state index contributed by atoms with van der Waals surface area (Å²) in [5, 5.41) is 30.7. The van der Waals surface area contributed by atoms with Gasteiger partial charge in [0.15, 0.2) is 0 Å². The second kappa shape index (κ2) is 9.70. The van der Waals surface area contributed by atoms with Crippen LogP contribution in [-0.4, -0.2) is 11.0 Å². The number of amides is 1. The van der Waals surface area contributed by atoms with Crippen LogP contribution in [0.5, 0.6) is 5.75 Å². The van der Waals surface area contributed by atoms with Crippen LogP contribution in [0.2, 0.25) is 10.0 Å². The predicted octanol–water partition coefficient (Wildman–Crippen LogP) is 6.66. The highest BCUT2D eigenvalue weighted by Gasteiger charge is 2.14.